The molecule has 1 amide bonds. The maximum atomic E-state index is 11.7. The number of sulfonamides is 1. The average molecular weight is 350 g/mol. The van der Waals surface area contributed by atoms with Crippen LogP contribution in [0.2, 0.25) is 0 Å². The first-order valence-corrected chi connectivity index (χ1v) is 7.84. The Hall–Kier alpha value is -1.16. The van der Waals surface area contributed by atoms with Crippen molar-refractivity contribution in [3.05, 3.63) is 39.9 Å². The molecule has 0 aliphatic heterocycles. The van der Waals surface area contributed by atoms with Crippen molar-refractivity contribution in [2.24, 2.45) is 0 Å². The maximum absolute atomic E-state index is 11.7. The summed E-state index contributed by atoms with van der Waals surface area (Å²) in [6.07, 6.45) is 1.57. The van der Waals surface area contributed by atoms with E-state index in [0.29, 0.717) is 4.47 Å². The van der Waals surface area contributed by atoms with Crippen molar-refractivity contribution in [1.82, 2.24) is 15.2 Å². The molecule has 0 spiro atoms. The standard InChI is InChI=1S/C9H8BrN3O3S2/c10-6-4-7(11-5-6)9(14)12-13-18(15,16)8-2-1-3-17-8/h1-5,11,13H,(H,12,14). The Labute approximate surface area is 116 Å². The summed E-state index contributed by atoms with van der Waals surface area (Å²) in [5.41, 5.74) is 2.36. The highest BCUT2D eigenvalue weighted by molar-refractivity contribution is 9.10. The van der Waals surface area contributed by atoms with Gasteiger partial charge in [0.2, 0.25) is 0 Å². The lowest BCUT2D eigenvalue weighted by molar-refractivity contribution is 0.0940. The maximum Gasteiger partial charge on any atom is 0.282 e. The molecule has 0 unspecified atom stereocenters. The third-order valence-corrected chi connectivity index (χ3v) is 5.05. The lowest BCUT2D eigenvalue weighted by Crippen LogP contribution is -2.41. The van der Waals surface area contributed by atoms with Crippen LogP contribution in [-0.4, -0.2) is 19.3 Å². The number of nitrogens with one attached hydrogen (secondary N) is 3. The summed E-state index contributed by atoms with van der Waals surface area (Å²) in [7, 11) is -3.70. The number of carbonyl (C=O) groups excluding carboxylic acids is 1. The van der Waals surface area contributed by atoms with Gasteiger partial charge in [-0.3, -0.25) is 10.2 Å². The van der Waals surface area contributed by atoms with Gasteiger partial charge >= 0.3 is 0 Å². The number of aromatic nitrogens is 1. The van der Waals surface area contributed by atoms with Crippen LogP contribution in [0.5, 0.6) is 0 Å². The summed E-state index contributed by atoms with van der Waals surface area (Å²) in [4.78, 5) is 16.3. The van der Waals surface area contributed by atoms with Gasteiger partial charge in [-0.1, -0.05) is 6.07 Å². The van der Waals surface area contributed by atoms with Gasteiger partial charge in [0, 0.05) is 10.7 Å². The summed E-state index contributed by atoms with van der Waals surface area (Å²) in [6, 6.07) is 4.60. The highest BCUT2D eigenvalue weighted by Crippen LogP contribution is 2.14. The lowest BCUT2D eigenvalue weighted by atomic mass is 10.4. The van der Waals surface area contributed by atoms with E-state index >= 15 is 0 Å². The van der Waals surface area contributed by atoms with Crippen LogP contribution in [0.25, 0.3) is 0 Å². The molecule has 0 saturated carbocycles. The van der Waals surface area contributed by atoms with E-state index < -0.39 is 15.9 Å². The number of carbonyl (C=O) groups is 1. The topological polar surface area (TPSA) is 91.1 Å². The van der Waals surface area contributed by atoms with Crippen molar-refractivity contribution in [2.75, 3.05) is 0 Å². The minimum absolute atomic E-state index is 0.135. The molecule has 2 rings (SSSR count). The molecule has 3 N–H and O–H groups in total. The predicted molar refractivity (Wildman–Crippen MR) is 70.6 cm³/mol. The van der Waals surface area contributed by atoms with E-state index in [0.717, 1.165) is 11.3 Å². The predicted octanol–water partition coefficient (Wildman–Crippen LogP) is 1.46. The lowest BCUT2D eigenvalue weighted by Gasteiger charge is -2.05. The summed E-state index contributed by atoms with van der Waals surface area (Å²) in [5, 5.41) is 1.64. The van der Waals surface area contributed by atoms with Crippen LogP contribution in [0.3, 0.4) is 0 Å². The fourth-order valence-corrected chi connectivity index (χ4v) is 3.32. The number of H-pyrrole nitrogens is 1. The summed E-state index contributed by atoms with van der Waals surface area (Å²) in [6.45, 7) is 0. The number of rotatable bonds is 4. The van der Waals surface area contributed by atoms with Gasteiger partial charge in [-0.15, -0.1) is 16.2 Å². The summed E-state index contributed by atoms with van der Waals surface area (Å²) >= 11 is 4.24. The van der Waals surface area contributed by atoms with Crippen LogP contribution >= 0.6 is 27.3 Å². The van der Waals surface area contributed by atoms with Crippen molar-refractivity contribution in [1.29, 1.82) is 0 Å². The van der Waals surface area contributed by atoms with Crippen LogP contribution in [0.1, 0.15) is 10.5 Å². The minimum Gasteiger partial charge on any atom is -0.356 e. The van der Waals surface area contributed by atoms with Crippen molar-refractivity contribution in [3.8, 4) is 0 Å². The Bertz CT molecular complexity index is 648. The fourth-order valence-electron chi connectivity index (χ4n) is 1.15. The van der Waals surface area contributed by atoms with Gasteiger partial charge in [0.15, 0.2) is 0 Å². The van der Waals surface area contributed by atoms with Gasteiger partial charge in [-0.25, -0.2) is 8.42 Å². The van der Waals surface area contributed by atoms with E-state index in [1.807, 2.05) is 4.83 Å². The van der Waals surface area contributed by atoms with Crippen LogP contribution in [0, 0.1) is 0 Å². The summed E-state index contributed by atoms with van der Waals surface area (Å²) < 4.78 is 24.2. The quantitative estimate of drug-likeness (QED) is 0.729. The number of amides is 1. The van der Waals surface area contributed by atoms with Gasteiger partial charge in [0.25, 0.3) is 15.9 Å². The molecule has 9 heteroatoms. The minimum atomic E-state index is -3.70. The second kappa shape index (κ2) is 5.22. The van der Waals surface area contributed by atoms with Gasteiger partial charge in [-0.05, 0) is 33.4 Å². The van der Waals surface area contributed by atoms with Crippen molar-refractivity contribution in [3.63, 3.8) is 0 Å². The zero-order chi connectivity index (χ0) is 13.2. The molecule has 0 aromatic carbocycles. The molecule has 2 aromatic rings. The molecule has 6 nitrogen and oxygen atoms in total. The number of aromatic amines is 1. The van der Waals surface area contributed by atoms with E-state index in [9.17, 15) is 13.2 Å². The highest BCUT2D eigenvalue weighted by Gasteiger charge is 2.16. The second-order valence-corrected chi connectivity index (χ2v) is 7.00. The molecule has 2 aromatic heterocycles. The Morgan fingerprint density at radius 3 is 2.78 bits per heavy atom. The van der Waals surface area contributed by atoms with Gasteiger partial charge in [0.1, 0.15) is 9.90 Å². The Kier molecular flexibility index (Phi) is 3.85. The highest BCUT2D eigenvalue weighted by atomic mass is 79.9. The Morgan fingerprint density at radius 2 is 2.22 bits per heavy atom. The smallest absolute Gasteiger partial charge is 0.282 e. The third-order valence-electron chi connectivity index (χ3n) is 1.95. The number of halogens is 1. The van der Waals surface area contributed by atoms with Crippen molar-refractivity contribution in [2.45, 2.75) is 4.21 Å². The number of thiophene rings is 1. The molecule has 0 saturated heterocycles. The monoisotopic (exact) mass is 349 g/mol. The fraction of sp³-hybridized carbons (Fsp3) is 0. The van der Waals surface area contributed by atoms with E-state index in [2.05, 4.69) is 26.3 Å². The first kappa shape index (κ1) is 13.3. The molecule has 0 bridgehead atoms. The van der Waals surface area contributed by atoms with E-state index in [4.69, 9.17) is 0 Å². The first-order chi connectivity index (χ1) is 8.49. The third kappa shape index (κ3) is 2.99. The van der Waals surface area contributed by atoms with E-state index in [1.165, 1.54) is 12.1 Å². The Balaban J connectivity index is 2.02. The average Bonchev–Trinajstić information content (AvgIpc) is 2.96. The van der Waals surface area contributed by atoms with E-state index in [-0.39, 0.29) is 9.90 Å². The van der Waals surface area contributed by atoms with Crippen LogP contribution in [0.4, 0.5) is 0 Å². The normalized spacial score (nSPS) is 11.4. The zero-order valence-electron chi connectivity index (χ0n) is 8.81. The Morgan fingerprint density at radius 1 is 1.44 bits per heavy atom. The summed E-state index contributed by atoms with van der Waals surface area (Å²) in [5.74, 6) is -0.569. The van der Waals surface area contributed by atoms with Gasteiger partial charge in [0.05, 0.1) is 0 Å². The van der Waals surface area contributed by atoms with E-state index in [1.54, 1.807) is 17.6 Å². The van der Waals surface area contributed by atoms with Gasteiger partial charge < -0.3 is 4.98 Å². The number of hydrogen-bond donors (Lipinski definition) is 3. The number of hydrogen-bond acceptors (Lipinski definition) is 4. The molecule has 0 fully saturated rings. The molecule has 0 radical (unpaired) electrons. The zero-order valence-corrected chi connectivity index (χ0v) is 12.0. The molecule has 2 heterocycles. The largest absolute Gasteiger partial charge is 0.356 e. The van der Waals surface area contributed by atoms with Crippen molar-refractivity contribution >= 4 is 43.2 Å². The SMILES string of the molecule is O=C(NNS(=O)(=O)c1cccs1)c1cc(Br)c[nH]1. The van der Waals surface area contributed by atoms with Crippen molar-refractivity contribution < 1.29 is 13.2 Å². The first-order valence-electron chi connectivity index (χ1n) is 4.68. The van der Waals surface area contributed by atoms with Crippen LogP contribution < -0.4 is 10.3 Å². The molecule has 0 aliphatic rings. The molecule has 0 atom stereocenters. The van der Waals surface area contributed by atoms with Crippen LogP contribution in [0.15, 0.2) is 38.5 Å². The molecular formula is C9H8BrN3O3S2. The molecular weight excluding hydrogens is 342 g/mol. The van der Waals surface area contributed by atoms with Gasteiger partial charge in [-0.2, -0.15) is 0 Å². The van der Waals surface area contributed by atoms with Crippen LogP contribution in [-0.2, 0) is 10.0 Å². The molecule has 96 valence electrons. The second-order valence-electron chi connectivity index (χ2n) is 3.22. The molecule has 0 aliphatic carbocycles. The molecule has 18 heavy (non-hydrogen) atoms. The number of hydrazine groups is 1.